The molecule has 1 atom stereocenters. The molecule has 1 unspecified atom stereocenters. The van der Waals surface area contributed by atoms with E-state index in [1.807, 2.05) is 20.8 Å². The van der Waals surface area contributed by atoms with E-state index in [2.05, 4.69) is 15.3 Å². The quantitative estimate of drug-likeness (QED) is 0.684. The maximum absolute atomic E-state index is 11.5. The predicted molar refractivity (Wildman–Crippen MR) is 58.0 cm³/mol. The Morgan fingerprint density at radius 1 is 1.73 bits per heavy atom. The monoisotopic (exact) mass is 210 g/mol. The van der Waals surface area contributed by atoms with Crippen LogP contribution in [0.5, 0.6) is 0 Å². The van der Waals surface area contributed by atoms with E-state index < -0.39 is 5.54 Å². The number of amides is 1. The van der Waals surface area contributed by atoms with Crippen LogP contribution in [-0.2, 0) is 4.79 Å². The molecule has 0 fully saturated rings. The molecular formula is C10H18N4O. The Hall–Kier alpha value is -1.36. The van der Waals surface area contributed by atoms with E-state index in [4.69, 9.17) is 5.73 Å². The van der Waals surface area contributed by atoms with Gasteiger partial charge in [0.05, 0.1) is 6.04 Å². The molecule has 0 spiro atoms. The van der Waals surface area contributed by atoms with Gasteiger partial charge in [0.25, 0.3) is 0 Å². The molecule has 0 aliphatic rings. The van der Waals surface area contributed by atoms with Crippen LogP contribution in [-0.4, -0.2) is 21.4 Å². The number of hydrogen-bond acceptors (Lipinski definition) is 3. The average molecular weight is 210 g/mol. The number of carbonyl (C=O) groups excluding carboxylic acids is 1. The lowest BCUT2D eigenvalue weighted by atomic mass is 10.0. The van der Waals surface area contributed by atoms with Crippen LogP contribution in [0.4, 0.5) is 0 Å². The van der Waals surface area contributed by atoms with Crippen molar-refractivity contribution < 1.29 is 4.79 Å². The van der Waals surface area contributed by atoms with Crippen molar-refractivity contribution in [3.63, 3.8) is 0 Å². The highest BCUT2D eigenvalue weighted by molar-refractivity contribution is 5.77. The lowest BCUT2D eigenvalue weighted by Gasteiger charge is -2.19. The summed E-state index contributed by atoms with van der Waals surface area (Å²) in [5.74, 6) is 0.685. The van der Waals surface area contributed by atoms with Crippen LogP contribution in [0.2, 0.25) is 0 Å². The minimum atomic E-state index is -0.479. The first-order valence-electron chi connectivity index (χ1n) is 4.96. The highest BCUT2D eigenvalue weighted by Crippen LogP contribution is 2.08. The number of carbonyl (C=O) groups is 1. The molecule has 0 aliphatic carbocycles. The Labute approximate surface area is 89.5 Å². The van der Waals surface area contributed by atoms with Gasteiger partial charge in [-0.1, -0.05) is 0 Å². The van der Waals surface area contributed by atoms with E-state index in [-0.39, 0.29) is 11.9 Å². The van der Waals surface area contributed by atoms with Crippen molar-refractivity contribution >= 4 is 5.91 Å². The van der Waals surface area contributed by atoms with Crippen molar-refractivity contribution in [1.29, 1.82) is 0 Å². The highest BCUT2D eigenvalue weighted by atomic mass is 16.1. The number of rotatable bonds is 4. The fraction of sp³-hybridized carbons (Fsp3) is 0.600. The van der Waals surface area contributed by atoms with Crippen molar-refractivity contribution in [3.8, 4) is 0 Å². The minimum absolute atomic E-state index is 0.0635. The summed E-state index contributed by atoms with van der Waals surface area (Å²) >= 11 is 0. The molecular weight excluding hydrogens is 192 g/mol. The second kappa shape index (κ2) is 4.44. The van der Waals surface area contributed by atoms with Crippen molar-refractivity contribution in [2.75, 3.05) is 0 Å². The van der Waals surface area contributed by atoms with E-state index in [0.717, 1.165) is 5.82 Å². The van der Waals surface area contributed by atoms with Crippen LogP contribution < -0.4 is 11.1 Å². The van der Waals surface area contributed by atoms with Gasteiger partial charge < -0.3 is 16.0 Å². The van der Waals surface area contributed by atoms with Gasteiger partial charge in [0, 0.05) is 24.4 Å². The van der Waals surface area contributed by atoms with Crippen molar-refractivity contribution in [1.82, 2.24) is 15.3 Å². The van der Waals surface area contributed by atoms with E-state index in [1.165, 1.54) is 0 Å². The molecule has 1 aromatic rings. The maximum atomic E-state index is 11.5. The van der Waals surface area contributed by atoms with Crippen LogP contribution >= 0.6 is 0 Å². The number of nitrogens with two attached hydrogens (primary N) is 1. The van der Waals surface area contributed by atoms with Crippen LogP contribution in [0.1, 0.15) is 39.1 Å². The number of aromatic nitrogens is 2. The smallest absolute Gasteiger partial charge is 0.222 e. The van der Waals surface area contributed by atoms with E-state index in [9.17, 15) is 4.79 Å². The molecule has 84 valence electrons. The summed E-state index contributed by atoms with van der Waals surface area (Å²) in [4.78, 5) is 18.5. The van der Waals surface area contributed by atoms with Gasteiger partial charge in [-0.15, -0.1) is 0 Å². The number of aromatic amines is 1. The molecule has 0 radical (unpaired) electrons. The van der Waals surface area contributed by atoms with Gasteiger partial charge in [-0.05, 0) is 20.8 Å². The van der Waals surface area contributed by atoms with Crippen LogP contribution in [0.15, 0.2) is 12.4 Å². The van der Waals surface area contributed by atoms with Gasteiger partial charge in [-0.25, -0.2) is 4.98 Å². The van der Waals surface area contributed by atoms with E-state index in [0.29, 0.717) is 6.42 Å². The van der Waals surface area contributed by atoms with Gasteiger partial charge in [-0.2, -0.15) is 0 Å². The highest BCUT2D eigenvalue weighted by Gasteiger charge is 2.18. The second-order valence-corrected chi connectivity index (χ2v) is 4.43. The molecule has 5 nitrogen and oxygen atoms in total. The molecule has 0 saturated carbocycles. The maximum Gasteiger partial charge on any atom is 0.222 e. The Bertz CT molecular complexity index is 313. The molecule has 0 aliphatic heterocycles. The lowest BCUT2D eigenvalue weighted by Crippen LogP contribution is -2.39. The van der Waals surface area contributed by atoms with Crippen molar-refractivity contribution in [2.24, 2.45) is 5.73 Å². The van der Waals surface area contributed by atoms with Crippen molar-refractivity contribution in [2.45, 2.75) is 38.8 Å². The van der Waals surface area contributed by atoms with Crippen LogP contribution in [0.3, 0.4) is 0 Å². The largest absolute Gasteiger partial charge is 0.347 e. The summed E-state index contributed by atoms with van der Waals surface area (Å²) in [6.45, 7) is 5.52. The third-order valence-electron chi connectivity index (χ3n) is 1.92. The minimum Gasteiger partial charge on any atom is -0.347 e. The zero-order valence-corrected chi connectivity index (χ0v) is 9.37. The number of imidazole rings is 1. The number of nitrogens with one attached hydrogen (secondary N) is 2. The third kappa shape index (κ3) is 4.12. The second-order valence-electron chi connectivity index (χ2n) is 4.43. The molecule has 0 aromatic carbocycles. The number of hydrogen-bond donors (Lipinski definition) is 3. The fourth-order valence-corrected chi connectivity index (χ4v) is 1.29. The van der Waals surface area contributed by atoms with Crippen LogP contribution in [0.25, 0.3) is 0 Å². The molecule has 0 bridgehead atoms. The molecule has 4 N–H and O–H groups in total. The molecule has 15 heavy (non-hydrogen) atoms. The third-order valence-corrected chi connectivity index (χ3v) is 1.92. The van der Waals surface area contributed by atoms with Gasteiger partial charge >= 0.3 is 0 Å². The summed E-state index contributed by atoms with van der Waals surface area (Å²) in [7, 11) is 0. The van der Waals surface area contributed by atoms with Gasteiger partial charge in [0.1, 0.15) is 5.82 Å². The summed E-state index contributed by atoms with van der Waals surface area (Å²) < 4.78 is 0. The molecule has 1 heterocycles. The lowest BCUT2D eigenvalue weighted by molar-refractivity contribution is -0.122. The number of nitrogens with zero attached hydrogens (tertiary/aromatic N) is 1. The SMILES string of the molecule is CC(NC(=O)CC(C)(C)N)c1ncc[nH]1. The van der Waals surface area contributed by atoms with Gasteiger partial charge in [0.2, 0.25) is 5.91 Å². The summed E-state index contributed by atoms with van der Waals surface area (Å²) in [6, 6.07) is -0.116. The standard InChI is InChI=1S/C10H18N4O/c1-7(9-12-4-5-13-9)14-8(15)6-10(2,3)11/h4-5,7H,6,11H2,1-3H3,(H,12,13)(H,14,15). The Balaban J connectivity index is 2.45. The van der Waals surface area contributed by atoms with E-state index in [1.54, 1.807) is 12.4 Å². The average Bonchev–Trinajstić information content (AvgIpc) is 2.50. The Morgan fingerprint density at radius 2 is 2.40 bits per heavy atom. The molecule has 1 rings (SSSR count). The molecule has 1 aromatic heterocycles. The Kier molecular flexibility index (Phi) is 3.47. The van der Waals surface area contributed by atoms with Gasteiger partial charge in [0.15, 0.2) is 0 Å². The zero-order valence-electron chi connectivity index (χ0n) is 9.37. The normalized spacial score (nSPS) is 13.6. The summed E-state index contributed by atoms with van der Waals surface area (Å²) in [5, 5.41) is 2.83. The Morgan fingerprint density at radius 3 is 2.87 bits per heavy atom. The van der Waals surface area contributed by atoms with Crippen LogP contribution in [0, 0.1) is 0 Å². The summed E-state index contributed by atoms with van der Waals surface area (Å²) in [5.41, 5.74) is 5.27. The zero-order chi connectivity index (χ0) is 11.5. The predicted octanol–water partition coefficient (Wildman–Crippen LogP) is 0.714. The van der Waals surface area contributed by atoms with E-state index >= 15 is 0 Å². The first-order valence-corrected chi connectivity index (χ1v) is 4.96. The topological polar surface area (TPSA) is 83.8 Å². The number of H-pyrrole nitrogens is 1. The first kappa shape index (κ1) is 11.7. The van der Waals surface area contributed by atoms with Gasteiger partial charge in [-0.3, -0.25) is 4.79 Å². The first-order chi connectivity index (χ1) is 6.88. The molecule has 1 amide bonds. The fourth-order valence-electron chi connectivity index (χ4n) is 1.29. The molecule has 5 heteroatoms. The summed E-state index contributed by atoms with van der Waals surface area (Å²) in [6.07, 6.45) is 3.69. The van der Waals surface area contributed by atoms with Crippen molar-refractivity contribution in [3.05, 3.63) is 18.2 Å². The molecule has 0 saturated heterocycles.